The quantitative estimate of drug-likeness (QED) is 0.852. The molecular formula is C16H23N3O3. The van der Waals surface area contributed by atoms with Crippen molar-refractivity contribution in [1.82, 2.24) is 14.9 Å². The van der Waals surface area contributed by atoms with Gasteiger partial charge in [-0.2, -0.15) is 0 Å². The van der Waals surface area contributed by atoms with Gasteiger partial charge in [0.05, 0.1) is 13.7 Å². The monoisotopic (exact) mass is 305 g/mol. The molecule has 1 saturated heterocycles. The van der Waals surface area contributed by atoms with Gasteiger partial charge in [-0.05, 0) is 25.7 Å². The zero-order valence-electron chi connectivity index (χ0n) is 13.0. The van der Waals surface area contributed by atoms with Crippen molar-refractivity contribution in [3.05, 3.63) is 12.4 Å². The molecule has 1 amide bonds. The molecule has 6 heteroatoms. The van der Waals surface area contributed by atoms with Gasteiger partial charge >= 0.3 is 0 Å². The Labute approximate surface area is 130 Å². The number of ether oxygens (including phenoxy) is 2. The molecule has 1 aliphatic heterocycles. The number of hydrogen-bond donors (Lipinski definition) is 0. The lowest BCUT2D eigenvalue weighted by Gasteiger charge is -2.34. The third-order valence-corrected chi connectivity index (χ3v) is 4.50. The van der Waals surface area contributed by atoms with Crippen LogP contribution in [0.3, 0.4) is 0 Å². The predicted octanol–water partition coefficient (Wildman–Crippen LogP) is 2.05. The van der Waals surface area contributed by atoms with E-state index >= 15 is 0 Å². The summed E-state index contributed by atoms with van der Waals surface area (Å²) >= 11 is 0. The smallest absolute Gasteiger partial charge is 0.278 e. The highest BCUT2D eigenvalue weighted by atomic mass is 16.5. The fraction of sp³-hybridized carbons (Fsp3) is 0.688. The van der Waals surface area contributed by atoms with Crippen molar-refractivity contribution in [2.45, 2.75) is 44.6 Å². The molecule has 0 bridgehead atoms. The van der Waals surface area contributed by atoms with Gasteiger partial charge in [0, 0.05) is 24.9 Å². The molecule has 0 spiro atoms. The molecule has 0 N–H and O–H groups in total. The third-order valence-electron chi connectivity index (χ3n) is 4.50. The average Bonchev–Trinajstić information content (AvgIpc) is 3.09. The summed E-state index contributed by atoms with van der Waals surface area (Å²) in [6.45, 7) is 1.47. The summed E-state index contributed by atoms with van der Waals surface area (Å²) in [4.78, 5) is 22.8. The summed E-state index contributed by atoms with van der Waals surface area (Å²) in [5.74, 6) is 1.33. The van der Waals surface area contributed by atoms with Crippen molar-refractivity contribution >= 4 is 5.91 Å². The maximum Gasteiger partial charge on any atom is 0.278 e. The van der Waals surface area contributed by atoms with E-state index in [1.165, 1.54) is 12.8 Å². The number of aromatic nitrogens is 2. The van der Waals surface area contributed by atoms with Crippen molar-refractivity contribution in [1.29, 1.82) is 0 Å². The second-order valence-corrected chi connectivity index (χ2v) is 6.02. The fourth-order valence-corrected chi connectivity index (χ4v) is 3.36. The minimum absolute atomic E-state index is 0.0373. The van der Waals surface area contributed by atoms with Gasteiger partial charge < -0.3 is 14.4 Å². The van der Waals surface area contributed by atoms with Crippen LogP contribution in [0.1, 0.15) is 38.5 Å². The highest BCUT2D eigenvalue weighted by Crippen LogP contribution is 2.29. The fourth-order valence-electron chi connectivity index (χ4n) is 3.36. The van der Waals surface area contributed by atoms with Crippen LogP contribution in [0, 0.1) is 5.92 Å². The maximum absolute atomic E-state index is 12.5. The summed E-state index contributed by atoms with van der Waals surface area (Å²) in [6, 6.07) is 0. The van der Waals surface area contributed by atoms with Crippen LogP contribution < -0.4 is 9.47 Å². The second kappa shape index (κ2) is 6.94. The number of nitrogens with zero attached hydrogens (tertiary/aromatic N) is 3. The molecule has 2 aliphatic rings. The van der Waals surface area contributed by atoms with E-state index in [2.05, 4.69) is 9.97 Å². The van der Waals surface area contributed by atoms with Crippen LogP contribution in [0.2, 0.25) is 0 Å². The number of carbonyl (C=O) groups excluding carboxylic acids is 1. The Morgan fingerprint density at radius 1 is 1.14 bits per heavy atom. The molecule has 120 valence electrons. The van der Waals surface area contributed by atoms with Crippen LogP contribution in [-0.2, 0) is 4.79 Å². The number of hydrogen-bond acceptors (Lipinski definition) is 5. The van der Waals surface area contributed by atoms with E-state index in [1.807, 2.05) is 4.90 Å². The van der Waals surface area contributed by atoms with Gasteiger partial charge in [0.25, 0.3) is 11.8 Å². The first-order valence-electron chi connectivity index (χ1n) is 8.08. The molecule has 0 aromatic carbocycles. The van der Waals surface area contributed by atoms with E-state index in [1.54, 1.807) is 19.5 Å². The first-order chi connectivity index (χ1) is 10.8. The summed E-state index contributed by atoms with van der Waals surface area (Å²) in [7, 11) is 1.55. The normalized spacial score (nSPS) is 22.6. The molecule has 2 fully saturated rings. The van der Waals surface area contributed by atoms with Crippen LogP contribution in [0.15, 0.2) is 12.4 Å². The molecule has 1 saturated carbocycles. The number of rotatable bonds is 4. The molecular weight excluding hydrogens is 282 g/mol. The van der Waals surface area contributed by atoms with Gasteiger partial charge in [-0.3, -0.25) is 4.79 Å². The van der Waals surface area contributed by atoms with Gasteiger partial charge in [-0.25, -0.2) is 9.97 Å². The molecule has 6 nitrogen and oxygen atoms in total. The highest BCUT2D eigenvalue weighted by molar-refractivity contribution is 5.79. The van der Waals surface area contributed by atoms with Gasteiger partial charge in [0.2, 0.25) is 5.91 Å². The minimum Gasteiger partial charge on any atom is -0.477 e. The average molecular weight is 305 g/mol. The zero-order valence-corrected chi connectivity index (χ0v) is 13.0. The van der Waals surface area contributed by atoms with Crippen molar-refractivity contribution < 1.29 is 14.3 Å². The van der Waals surface area contributed by atoms with Gasteiger partial charge in [0.15, 0.2) is 0 Å². The van der Waals surface area contributed by atoms with Crippen LogP contribution in [-0.4, -0.2) is 47.1 Å². The molecule has 1 unspecified atom stereocenters. The second-order valence-electron chi connectivity index (χ2n) is 6.02. The lowest BCUT2D eigenvalue weighted by Crippen LogP contribution is -2.46. The molecule has 1 atom stereocenters. The van der Waals surface area contributed by atoms with Gasteiger partial charge in [-0.15, -0.1) is 0 Å². The molecule has 1 aromatic heterocycles. The largest absolute Gasteiger partial charge is 0.477 e. The van der Waals surface area contributed by atoms with Crippen LogP contribution >= 0.6 is 0 Å². The van der Waals surface area contributed by atoms with Crippen molar-refractivity contribution in [2.75, 3.05) is 20.2 Å². The number of amides is 1. The van der Waals surface area contributed by atoms with Crippen molar-refractivity contribution in [3.63, 3.8) is 0 Å². The van der Waals surface area contributed by atoms with Gasteiger partial charge in [-0.1, -0.05) is 12.8 Å². The van der Waals surface area contributed by atoms with Crippen LogP contribution in [0.25, 0.3) is 0 Å². The Balaban J connectivity index is 1.61. The topological polar surface area (TPSA) is 64.6 Å². The van der Waals surface area contributed by atoms with Crippen molar-refractivity contribution in [3.8, 4) is 11.8 Å². The summed E-state index contributed by atoms with van der Waals surface area (Å²) in [6.07, 6.45) is 9.45. The summed E-state index contributed by atoms with van der Waals surface area (Å²) in [5.41, 5.74) is 0. The standard InChI is InChI=1S/C16H23N3O3/c1-21-14-15(18-9-8-17-14)22-13-7-4-10-19(11-13)16(20)12-5-2-3-6-12/h8-9,12-13H,2-7,10-11H2,1H3. The zero-order chi connectivity index (χ0) is 15.4. The first-order valence-corrected chi connectivity index (χ1v) is 8.08. The summed E-state index contributed by atoms with van der Waals surface area (Å²) < 4.78 is 11.1. The van der Waals surface area contributed by atoms with E-state index < -0.39 is 0 Å². The molecule has 1 aromatic rings. The Kier molecular flexibility index (Phi) is 4.75. The van der Waals surface area contributed by atoms with E-state index in [0.29, 0.717) is 24.2 Å². The molecule has 2 heterocycles. The number of piperidine rings is 1. The summed E-state index contributed by atoms with van der Waals surface area (Å²) in [5, 5.41) is 0. The van der Waals surface area contributed by atoms with E-state index in [9.17, 15) is 4.79 Å². The van der Waals surface area contributed by atoms with Crippen molar-refractivity contribution in [2.24, 2.45) is 5.92 Å². The van der Waals surface area contributed by atoms with E-state index in [-0.39, 0.29) is 12.0 Å². The number of carbonyl (C=O) groups is 1. The number of methoxy groups -OCH3 is 1. The van der Waals surface area contributed by atoms with Crippen LogP contribution in [0.5, 0.6) is 11.8 Å². The Bertz CT molecular complexity index is 517. The van der Waals surface area contributed by atoms with Gasteiger partial charge in [0.1, 0.15) is 6.10 Å². The molecule has 0 radical (unpaired) electrons. The number of likely N-dealkylation sites (tertiary alicyclic amines) is 1. The Morgan fingerprint density at radius 2 is 1.86 bits per heavy atom. The maximum atomic E-state index is 12.5. The Hall–Kier alpha value is -1.85. The lowest BCUT2D eigenvalue weighted by molar-refractivity contribution is -0.138. The predicted molar refractivity (Wildman–Crippen MR) is 80.8 cm³/mol. The Morgan fingerprint density at radius 3 is 2.59 bits per heavy atom. The molecule has 3 rings (SSSR count). The highest BCUT2D eigenvalue weighted by Gasteiger charge is 2.31. The van der Waals surface area contributed by atoms with E-state index in [0.717, 1.165) is 32.2 Å². The minimum atomic E-state index is -0.0373. The first kappa shape index (κ1) is 15.1. The lowest BCUT2D eigenvalue weighted by atomic mass is 10.0. The third kappa shape index (κ3) is 3.31. The van der Waals surface area contributed by atoms with E-state index in [4.69, 9.17) is 9.47 Å². The molecule has 1 aliphatic carbocycles. The van der Waals surface area contributed by atoms with Crippen LogP contribution in [0.4, 0.5) is 0 Å². The molecule has 22 heavy (non-hydrogen) atoms. The SMILES string of the molecule is COc1nccnc1OC1CCCN(C(=O)C2CCCC2)C1.